The first kappa shape index (κ1) is 18.8. The van der Waals surface area contributed by atoms with Crippen LogP contribution in [-0.4, -0.2) is 25.0 Å². The Morgan fingerprint density at radius 3 is 2.70 bits per heavy atom. The highest BCUT2D eigenvalue weighted by atomic mass is 16.2. The number of aromatic amines is 1. The summed E-state index contributed by atoms with van der Waals surface area (Å²) in [4.78, 5) is 46.5. The van der Waals surface area contributed by atoms with E-state index in [1.165, 1.54) is 9.13 Å². The number of amides is 1. The topological polar surface area (TPSA) is 102 Å². The van der Waals surface area contributed by atoms with Gasteiger partial charge in [0, 0.05) is 17.3 Å². The van der Waals surface area contributed by atoms with E-state index in [-0.39, 0.29) is 29.7 Å². The number of rotatable bonds is 4. The molecule has 2 N–H and O–H groups in total. The van der Waals surface area contributed by atoms with Crippen molar-refractivity contribution in [3.63, 3.8) is 0 Å². The highest BCUT2D eigenvalue weighted by molar-refractivity contribution is 5.90. The predicted molar refractivity (Wildman–Crippen MR) is 114 cm³/mol. The molecule has 2 aliphatic carbocycles. The highest BCUT2D eigenvalue weighted by Crippen LogP contribution is 2.27. The minimum atomic E-state index is -0.354. The summed E-state index contributed by atoms with van der Waals surface area (Å²) in [6.07, 6.45) is 7.06. The van der Waals surface area contributed by atoms with E-state index in [0.29, 0.717) is 24.4 Å². The zero-order chi connectivity index (χ0) is 20.7. The molecule has 2 aromatic heterocycles. The quantitative estimate of drug-likeness (QED) is 0.694. The largest absolute Gasteiger partial charge is 0.331 e. The van der Waals surface area contributed by atoms with Crippen molar-refractivity contribution in [1.29, 1.82) is 0 Å². The van der Waals surface area contributed by atoms with Gasteiger partial charge in [-0.25, -0.2) is 9.78 Å². The van der Waals surface area contributed by atoms with Crippen LogP contribution in [-0.2, 0) is 24.2 Å². The van der Waals surface area contributed by atoms with Crippen LogP contribution in [0.4, 0.5) is 5.95 Å². The van der Waals surface area contributed by atoms with Crippen LogP contribution < -0.4 is 16.6 Å². The van der Waals surface area contributed by atoms with Crippen LogP contribution in [0.1, 0.15) is 55.8 Å². The molecule has 0 atom stereocenters. The maximum absolute atomic E-state index is 13.3. The number of hydrogen-bond acceptors (Lipinski definition) is 4. The fourth-order valence-corrected chi connectivity index (χ4v) is 4.89. The van der Waals surface area contributed by atoms with E-state index in [0.717, 1.165) is 55.3 Å². The summed E-state index contributed by atoms with van der Waals surface area (Å²) < 4.78 is 2.94. The predicted octanol–water partition coefficient (Wildman–Crippen LogP) is 2.52. The van der Waals surface area contributed by atoms with Crippen LogP contribution in [0.25, 0.3) is 11.0 Å². The number of imidazole rings is 1. The smallest absolute Gasteiger partial charge is 0.324 e. The van der Waals surface area contributed by atoms with Gasteiger partial charge in [-0.05, 0) is 44.2 Å². The molecule has 0 aliphatic heterocycles. The number of anilines is 1. The Morgan fingerprint density at radius 2 is 1.90 bits per heavy atom. The van der Waals surface area contributed by atoms with E-state index >= 15 is 0 Å². The Hall–Kier alpha value is -3.16. The number of nitrogens with one attached hydrogen (secondary N) is 2. The number of aromatic nitrogens is 4. The second-order valence-corrected chi connectivity index (χ2v) is 8.27. The summed E-state index contributed by atoms with van der Waals surface area (Å²) in [5, 5.41) is 2.76. The molecular weight excluding hydrogens is 382 g/mol. The molecule has 1 saturated carbocycles. The van der Waals surface area contributed by atoms with Gasteiger partial charge in [-0.1, -0.05) is 31.4 Å². The summed E-state index contributed by atoms with van der Waals surface area (Å²) in [6.45, 7) is -0.120. The van der Waals surface area contributed by atoms with Gasteiger partial charge in [-0.15, -0.1) is 0 Å². The minimum Gasteiger partial charge on any atom is -0.324 e. The Labute approximate surface area is 172 Å². The van der Waals surface area contributed by atoms with Crippen molar-refractivity contribution in [2.75, 3.05) is 5.32 Å². The van der Waals surface area contributed by atoms with Crippen molar-refractivity contribution in [3.05, 3.63) is 56.4 Å². The summed E-state index contributed by atoms with van der Waals surface area (Å²) >= 11 is 0. The zero-order valence-electron chi connectivity index (χ0n) is 16.8. The van der Waals surface area contributed by atoms with Crippen molar-refractivity contribution in [2.45, 2.75) is 64.0 Å². The number of carbonyl (C=O) groups is 1. The lowest BCUT2D eigenvalue weighted by atomic mass is 9.95. The van der Waals surface area contributed by atoms with Crippen LogP contribution in [0.3, 0.4) is 0 Å². The minimum absolute atomic E-state index is 0.0608. The van der Waals surface area contributed by atoms with E-state index in [2.05, 4.69) is 15.3 Å². The van der Waals surface area contributed by atoms with Crippen LogP contribution in [0, 0.1) is 0 Å². The lowest BCUT2D eigenvalue weighted by Crippen LogP contribution is -2.46. The molecule has 30 heavy (non-hydrogen) atoms. The molecular formula is C22H25N5O3. The number of hydrogen-bond donors (Lipinski definition) is 2. The Balaban J connectivity index is 1.47. The van der Waals surface area contributed by atoms with Gasteiger partial charge in [0.25, 0.3) is 5.56 Å². The third-order valence-electron chi connectivity index (χ3n) is 6.32. The molecule has 2 aliphatic rings. The van der Waals surface area contributed by atoms with Crippen LogP contribution in [0.5, 0.6) is 0 Å². The molecule has 2 heterocycles. The third-order valence-corrected chi connectivity index (χ3v) is 6.32. The summed E-state index contributed by atoms with van der Waals surface area (Å²) in [5.41, 5.74) is 2.52. The Bertz CT molecular complexity index is 1200. The van der Waals surface area contributed by atoms with Gasteiger partial charge in [-0.2, -0.15) is 0 Å². The third kappa shape index (κ3) is 3.26. The molecule has 0 bridgehead atoms. The van der Waals surface area contributed by atoms with Gasteiger partial charge in [0.2, 0.25) is 11.9 Å². The number of nitrogens with zero attached hydrogens (tertiary/aromatic N) is 3. The SMILES string of the molecule is O=C(Cn1c2c(c(=O)n(C3CCCCC3)c1=O)CCC2)Nc1nc2ccccc2[nH]1. The first-order valence-electron chi connectivity index (χ1n) is 10.7. The molecule has 0 unspecified atom stereocenters. The average molecular weight is 407 g/mol. The van der Waals surface area contributed by atoms with E-state index in [1.54, 1.807) is 0 Å². The fraction of sp³-hybridized carbons (Fsp3) is 0.455. The van der Waals surface area contributed by atoms with Crippen LogP contribution in [0.2, 0.25) is 0 Å². The molecule has 1 aromatic carbocycles. The van der Waals surface area contributed by atoms with E-state index in [4.69, 9.17) is 0 Å². The number of carbonyl (C=O) groups excluding carboxylic acids is 1. The summed E-state index contributed by atoms with van der Waals surface area (Å²) in [5.74, 6) is 0.0191. The molecule has 0 radical (unpaired) electrons. The van der Waals surface area contributed by atoms with Gasteiger partial charge < -0.3 is 4.98 Å². The molecule has 5 rings (SSSR count). The molecule has 0 saturated heterocycles. The first-order valence-corrected chi connectivity index (χ1v) is 10.7. The van der Waals surface area contributed by atoms with Crippen LogP contribution in [0.15, 0.2) is 33.9 Å². The van der Waals surface area contributed by atoms with Gasteiger partial charge in [0.15, 0.2) is 0 Å². The summed E-state index contributed by atoms with van der Waals surface area (Å²) in [7, 11) is 0. The van der Waals surface area contributed by atoms with E-state index in [9.17, 15) is 14.4 Å². The first-order chi connectivity index (χ1) is 14.6. The molecule has 156 valence electrons. The number of para-hydroxylation sites is 2. The number of fused-ring (bicyclic) bond motifs is 2. The van der Waals surface area contributed by atoms with Crippen molar-refractivity contribution in [2.24, 2.45) is 0 Å². The number of benzene rings is 1. The average Bonchev–Trinajstić information content (AvgIpc) is 3.39. The van der Waals surface area contributed by atoms with Gasteiger partial charge in [0.1, 0.15) is 6.54 Å². The van der Waals surface area contributed by atoms with Crippen molar-refractivity contribution < 1.29 is 4.79 Å². The Kier molecular flexibility index (Phi) is 4.77. The van der Waals surface area contributed by atoms with Crippen LogP contribution >= 0.6 is 0 Å². The molecule has 1 amide bonds. The Morgan fingerprint density at radius 1 is 1.10 bits per heavy atom. The second-order valence-electron chi connectivity index (χ2n) is 8.27. The number of H-pyrrole nitrogens is 1. The summed E-state index contributed by atoms with van der Waals surface area (Å²) in [6, 6.07) is 7.46. The lowest BCUT2D eigenvalue weighted by molar-refractivity contribution is -0.116. The van der Waals surface area contributed by atoms with E-state index < -0.39 is 0 Å². The van der Waals surface area contributed by atoms with Gasteiger partial charge >= 0.3 is 5.69 Å². The second kappa shape index (κ2) is 7.59. The maximum Gasteiger partial charge on any atom is 0.331 e. The van der Waals surface area contributed by atoms with Gasteiger partial charge in [0.05, 0.1) is 11.0 Å². The zero-order valence-corrected chi connectivity index (χ0v) is 16.8. The van der Waals surface area contributed by atoms with E-state index in [1.807, 2.05) is 24.3 Å². The van der Waals surface area contributed by atoms with Crippen molar-refractivity contribution in [1.82, 2.24) is 19.1 Å². The monoisotopic (exact) mass is 407 g/mol. The maximum atomic E-state index is 13.3. The molecule has 8 nitrogen and oxygen atoms in total. The fourth-order valence-electron chi connectivity index (χ4n) is 4.89. The van der Waals surface area contributed by atoms with Crippen molar-refractivity contribution in [3.8, 4) is 0 Å². The van der Waals surface area contributed by atoms with Gasteiger partial charge in [-0.3, -0.25) is 24.0 Å². The lowest BCUT2D eigenvalue weighted by Gasteiger charge is -2.25. The highest BCUT2D eigenvalue weighted by Gasteiger charge is 2.28. The molecule has 0 spiro atoms. The standard InChI is InChI=1S/C22H25N5O3/c28-19(25-21-23-16-10-4-5-11-17(16)24-21)13-26-18-12-6-9-15(18)20(29)27(22(26)30)14-7-2-1-3-8-14/h4-5,10-11,14H,1-3,6-9,12-13H2,(H2,23,24,25,28). The molecule has 8 heteroatoms. The molecule has 3 aromatic rings. The molecule has 1 fully saturated rings. The normalized spacial score (nSPS) is 16.7. The van der Waals surface area contributed by atoms with Crippen molar-refractivity contribution >= 4 is 22.9 Å².